The Morgan fingerprint density at radius 3 is 2.77 bits per heavy atom. The number of nitrogens with zero attached hydrogens (tertiary/aromatic N) is 5. The number of phenolic OH excluding ortho intramolecular Hbond substituents is 1. The van der Waals surface area contributed by atoms with Crippen LogP contribution in [0.4, 0.5) is 10.2 Å². The molecule has 9 nitrogen and oxygen atoms in total. The first kappa shape index (κ1) is 29.8. The summed E-state index contributed by atoms with van der Waals surface area (Å²) in [5, 5.41) is 16.2. The number of aromatic nitrogens is 3. The highest BCUT2D eigenvalue weighted by Crippen LogP contribution is 2.46. The first-order valence-electron chi connectivity index (χ1n) is 17.1. The number of benzene rings is 2. The van der Waals surface area contributed by atoms with Gasteiger partial charge in [-0.05, 0) is 75.1 Å². The summed E-state index contributed by atoms with van der Waals surface area (Å²) in [5.74, 6) is 2.77. The topological polar surface area (TPSA) is 95.9 Å². The number of nitrogens with one attached hydrogen (secondary N) is 1. The van der Waals surface area contributed by atoms with Gasteiger partial charge in [0.05, 0.1) is 17.0 Å². The van der Waals surface area contributed by atoms with Gasteiger partial charge in [-0.1, -0.05) is 29.2 Å². The van der Waals surface area contributed by atoms with E-state index < -0.39 is 5.82 Å². The van der Waals surface area contributed by atoms with Crippen molar-refractivity contribution in [3.05, 3.63) is 59.1 Å². The average molecular weight is 647 g/mol. The van der Waals surface area contributed by atoms with E-state index in [-0.39, 0.29) is 28.5 Å². The lowest BCUT2D eigenvalue weighted by molar-refractivity contribution is 0.0715. The molecule has 2 bridgehead atoms. The average Bonchev–Trinajstić information content (AvgIpc) is 3.73. The standard InChI is InChI=1S/C38H39FN6O3/c1-3-22-6-4-7-23-12-28(46)15-30(32(22)23)34-33(39)35-31(17-40-34)36(44-19-26-8-9-27(20-44)41-26)43-37(42-35)48-21-38-10-5-11-45(38)18-25(16-38)24-13-29(14-24)47-2/h1,4,6-7,12,15,17,26-27,29,41,46H,5,8-11,13-14,16,18-21H2,2H3. The zero-order valence-corrected chi connectivity index (χ0v) is 27.1. The van der Waals surface area contributed by atoms with Gasteiger partial charge in [0.1, 0.15) is 29.4 Å². The highest BCUT2D eigenvalue weighted by Gasteiger charge is 2.48. The van der Waals surface area contributed by atoms with Crippen molar-refractivity contribution in [2.75, 3.05) is 44.8 Å². The van der Waals surface area contributed by atoms with Crippen molar-refractivity contribution in [3.63, 3.8) is 0 Å². The molecule has 5 fully saturated rings. The maximum absolute atomic E-state index is 16.9. The Morgan fingerprint density at radius 1 is 1.15 bits per heavy atom. The lowest BCUT2D eigenvalue weighted by Gasteiger charge is -2.34. The monoisotopic (exact) mass is 646 g/mol. The Morgan fingerprint density at radius 2 is 1.98 bits per heavy atom. The molecule has 1 saturated carbocycles. The largest absolute Gasteiger partial charge is 0.508 e. The van der Waals surface area contributed by atoms with Gasteiger partial charge in [0.25, 0.3) is 0 Å². The van der Waals surface area contributed by atoms with Crippen molar-refractivity contribution in [2.24, 2.45) is 0 Å². The van der Waals surface area contributed by atoms with Gasteiger partial charge in [-0.2, -0.15) is 9.97 Å². The Balaban J connectivity index is 1.13. The van der Waals surface area contributed by atoms with E-state index in [1.807, 2.05) is 18.2 Å². The molecule has 2 aromatic heterocycles. The molecule has 246 valence electrons. The van der Waals surface area contributed by atoms with Crippen molar-refractivity contribution >= 4 is 27.5 Å². The number of hydrogen-bond acceptors (Lipinski definition) is 9. The number of phenols is 1. The van der Waals surface area contributed by atoms with E-state index in [1.54, 1.807) is 19.4 Å². The van der Waals surface area contributed by atoms with Crippen LogP contribution < -0.4 is 15.0 Å². The number of anilines is 1. The number of pyridine rings is 1. The number of piperazine rings is 1. The molecule has 9 rings (SSSR count). The fraction of sp³-hybridized carbons (Fsp3) is 0.447. The number of methoxy groups -OCH3 is 1. The first-order valence-corrected chi connectivity index (χ1v) is 17.1. The predicted molar refractivity (Wildman–Crippen MR) is 183 cm³/mol. The van der Waals surface area contributed by atoms with Crippen LogP contribution in [0.3, 0.4) is 0 Å². The number of hydrogen-bond donors (Lipinski definition) is 2. The number of halogens is 1. The van der Waals surface area contributed by atoms with Crippen LogP contribution in [0.25, 0.3) is 32.9 Å². The summed E-state index contributed by atoms with van der Waals surface area (Å²) in [4.78, 5) is 19.2. The first-order chi connectivity index (χ1) is 23.4. The minimum Gasteiger partial charge on any atom is -0.508 e. The third-order valence-corrected chi connectivity index (χ3v) is 11.4. The van der Waals surface area contributed by atoms with E-state index in [0.29, 0.717) is 57.9 Å². The summed E-state index contributed by atoms with van der Waals surface area (Å²) in [7, 11) is 1.79. The van der Waals surface area contributed by atoms with Gasteiger partial charge in [-0.15, -0.1) is 6.42 Å². The lowest BCUT2D eigenvalue weighted by Crippen LogP contribution is -2.51. The second-order valence-electron chi connectivity index (χ2n) is 14.3. The SMILES string of the molecule is C#Cc1cccc2cc(O)cc(-c3ncc4c(N5CC6CCC(C5)N6)nc(OCC56CCCN5CC(=C5CC(OC)C5)C6)nc4c3F)c12. The van der Waals surface area contributed by atoms with E-state index in [0.717, 1.165) is 71.1 Å². The quantitative estimate of drug-likeness (QED) is 0.213. The summed E-state index contributed by atoms with van der Waals surface area (Å²) >= 11 is 0. The Hall–Kier alpha value is -4.30. The molecule has 2 aromatic carbocycles. The Kier molecular flexibility index (Phi) is 7.08. The van der Waals surface area contributed by atoms with Crippen LogP contribution in [0.5, 0.6) is 11.8 Å². The molecule has 3 unspecified atom stereocenters. The normalized spacial score (nSPS) is 26.7. The Labute approximate surface area is 279 Å². The molecule has 4 aromatic rings. The van der Waals surface area contributed by atoms with Crippen LogP contribution in [0.1, 0.15) is 50.5 Å². The van der Waals surface area contributed by atoms with E-state index in [4.69, 9.17) is 25.9 Å². The summed E-state index contributed by atoms with van der Waals surface area (Å²) in [6.45, 7) is 4.00. The number of ether oxygens (including phenoxy) is 2. The maximum Gasteiger partial charge on any atom is 0.319 e. The van der Waals surface area contributed by atoms with Gasteiger partial charge in [0.2, 0.25) is 0 Å². The number of aromatic hydroxyl groups is 1. The molecule has 6 heterocycles. The maximum atomic E-state index is 16.9. The van der Waals surface area contributed by atoms with Crippen molar-refractivity contribution in [3.8, 4) is 35.4 Å². The van der Waals surface area contributed by atoms with Gasteiger partial charge in [-0.25, -0.2) is 4.39 Å². The smallest absolute Gasteiger partial charge is 0.319 e. The molecule has 0 spiro atoms. The van der Waals surface area contributed by atoms with Crippen LogP contribution in [-0.2, 0) is 4.74 Å². The highest BCUT2D eigenvalue weighted by molar-refractivity contribution is 6.02. The summed E-state index contributed by atoms with van der Waals surface area (Å²) in [6, 6.07) is 9.52. The van der Waals surface area contributed by atoms with Crippen LogP contribution >= 0.6 is 0 Å². The third-order valence-electron chi connectivity index (χ3n) is 11.4. The van der Waals surface area contributed by atoms with Crippen LogP contribution in [0.15, 0.2) is 47.7 Å². The Bertz CT molecular complexity index is 2020. The second-order valence-corrected chi connectivity index (χ2v) is 14.3. The van der Waals surface area contributed by atoms with Gasteiger partial charge in [-0.3, -0.25) is 9.88 Å². The third kappa shape index (κ3) is 4.82. The molecular weight excluding hydrogens is 607 g/mol. The van der Waals surface area contributed by atoms with Gasteiger partial charge < -0.3 is 24.8 Å². The number of terminal acetylenes is 1. The summed E-state index contributed by atoms with van der Waals surface area (Å²) in [5.41, 5.74) is 4.18. The molecular formula is C38H39FN6O3. The van der Waals surface area contributed by atoms with Crippen molar-refractivity contribution in [1.29, 1.82) is 0 Å². The molecule has 0 amide bonds. The van der Waals surface area contributed by atoms with Gasteiger partial charge in [0, 0.05) is 61.5 Å². The molecule has 48 heavy (non-hydrogen) atoms. The molecule has 5 aliphatic rings. The molecule has 2 N–H and O–H groups in total. The molecule has 4 aliphatic heterocycles. The summed E-state index contributed by atoms with van der Waals surface area (Å²) in [6.07, 6.45) is 15.3. The molecule has 10 heteroatoms. The van der Waals surface area contributed by atoms with Crippen molar-refractivity contribution in [2.45, 2.75) is 68.7 Å². The van der Waals surface area contributed by atoms with E-state index in [1.165, 1.54) is 17.2 Å². The second kappa shape index (κ2) is 11.4. The van der Waals surface area contributed by atoms with Crippen LogP contribution in [-0.4, -0.2) is 88.6 Å². The van der Waals surface area contributed by atoms with Gasteiger partial charge >= 0.3 is 6.01 Å². The van der Waals surface area contributed by atoms with E-state index >= 15 is 4.39 Å². The molecule has 3 atom stereocenters. The number of rotatable bonds is 6. The minimum atomic E-state index is -0.593. The lowest BCUT2D eigenvalue weighted by atomic mass is 9.82. The molecule has 4 saturated heterocycles. The fourth-order valence-electron chi connectivity index (χ4n) is 8.92. The number of fused-ring (bicyclic) bond motifs is 5. The van der Waals surface area contributed by atoms with Crippen LogP contribution in [0, 0.1) is 18.2 Å². The van der Waals surface area contributed by atoms with Crippen molar-refractivity contribution in [1.82, 2.24) is 25.2 Å². The fourth-order valence-corrected chi connectivity index (χ4v) is 8.92. The van der Waals surface area contributed by atoms with Crippen molar-refractivity contribution < 1.29 is 19.0 Å². The zero-order valence-electron chi connectivity index (χ0n) is 27.1. The van der Waals surface area contributed by atoms with Gasteiger partial charge in [0.15, 0.2) is 5.82 Å². The van der Waals surface area contributed by atoms with Crippen LogP contribution in [0.2, 0.25) is 0 Å². The van der Waals surface area contributed by atoms with E-state index in [9.17, 15) is 5.11 Å². The highest BCUT2D eigenvalue weighted by atomic mass is 19.1. The zero-order chi connectivity index (χ0) is 32.6. The molecule has 0 radical (unpaired) electrons. The predicted octanol–water partition coefficient (Wildman–Crippen LogP) is 5.33. The minimum absolute atomic E-state index is 0.00238. The van der Waals surface area contributed by atoms with E-state index in [2.05, 4.69) is 26.0 Å². The summed E-state index contributed by atoms with van der Waals surface area (Å²) < 4.78 is 29.0. The molecule has 1 aliphatic carbocycles.